The average molecular weight is 548 g/mol. The van der Waals surface area contributed by atoms with Crippen LogP contribution in [-0.2, 0) is 22.1 Å². The molecule has 5 rings (SSSR count). The second kappa shape index (κ2) is 11.0. The van der Waals surface area contributed by atoms with Crippen LogP contribution in [0.4, 0.5) is 5.69 Å². The van der Waals surface area contributed by atoms with E-state index in [1.165, 1.54) is 30.4 Å². The number of rotatable bonds is 11. The quantitative estimate of drug-likeness (QED) is 0.370. The molecule has 0 spiro atoms. The molecule has 2 aromatic rings. The summed E-state index contributed by atoms with van der Waals surface area (Å²) in [6.07, 6.45) is 10.6. The maximum Gasteiger partial charge on any atom is 0.270 e. The summed E-state index contributed by atoms with van der Waals surface area (Å²) in [6.45, 7) is 8.19. The van der Waals surface area contributed by atoms with Crippen molar-refractivity contribution in [2.75, 3.05) is 5.32 Å². The minimum absolute atomic E-state index is 0.0107. The fourth-order valence-corrected chi connectivity index (χ4v) is 6.48. The first-order chi connectivity index (χ1) is 19.0. The highest BCUT2D eigenvalue weighted by Gasteiger charge is 2.54. The Morgan fingerprint density at radius 3 is 2.25 bits per heavy atom. The Labute approximate surface area is 238 Å². The van der Waals surface area contributed by atoms with Gasteiger partial charge in [-0.2, -0.15) is 5.10 Å². The van der Waals surface area contributed by atoms with Gasteiger partial charge < -0.3 is 16.0 Å². The molecule has 0 aliphatic heterocycles. The second-order valence-corrected chi connectivity index (χ2v) is 13.3. The molecule has 2 unspecified atom stereocenters. The summed E-state index contributed by atoms with van der Waals surface area (Å²) < 4.78 is 1.53. The molecule has 0 bridgehead atoms. The summed E-state index contributed by atoms with van der Waals surface area (Å²) in [5.41, 5.74) is 1.18. The maximum absolute atomic E-state index is 14.0. The Hall–Kier alpha value is -3.16. The van der Waals surface area contributed by atoms with Gasteiger partial charge in [-0.25, -0.2) is 0 Å². The molecule has 1 aromatic carbocycles. The van der Waals surface area contributed by atoms with E-state index in [4.69, 9.17) is 0 Å². The van der Waals surface area contributed by atoms with Crippen molar-refractivity contribution in [1.29, 1.82) is 0 Å². The Kier molecular flexibility index (Phi) is 7.81. The van der Waals surface area contributed by atoms with Gasteiger partial charge in [0.15, 0.2) is 0 Å². The number of anilines is 1. The summed E-state index contributed by atoms with van der Waals surface area (Å²) in [5.74, 6) is 0.530. The van der Waals surface area contributed by atoms with Crippen LogP contribution in [0, 0.1) is 23.2 Å². The molecule has 216 valence electrons. The number of nitrogens with zero attached hydrogens (tertiary/aromatic N) is 2. The van der Waals surface area contributed by atoms with E-state index >= 15 is 0 Å². The second-order valence-electron chi connectivity index (χ2n) is 13.3. The smallest absolute Gasteiger partial charge is 0.270 e. The molecule has 3 aliphatic carbocycles. The molecule has 0 saturated heterocycles. The predicted octanol–water partition coefficient (Wildman–Crippen LogP) is 4.96. The van der Waals surface area contributed by atoms with Crippen molar-refractivity contribution in [2.24, 2.45) is 30.2 Å². The lowest BCUT2D eigenvalue weighted by molar-refractivity contribution is -0.126. The monoisotopic (exact) mass is 547 g/mol. The Morgan fingerprint density at radius 1 is 1.02 bits per heavy atom. The van der Waals surface area contributed by atoms with Crippen LogP contribution in [0.25, 0.3) is 0 Å². The molecule has 0 radical (unpaired) electrons. The van der Waals surface area contributed by atoms with Crippen molar-refractivity contribution in [3.05, 3.63) is 47.8 Å². The minimum atomic E-state index is -0.762. The number of carbonyl (C=O) groups is 3. The van der Waals surface area contributed by atoms with E-state index < -0.39 is 11.5 Å². The number of nitrogens with one attached hydrogen (secondary N) is 3. The highest BCUT2D eigenvalue weighted by atomic mass is 16.2. The number of hydrogen-bond donors (Lipinski definition) is 3. The van der Waals surface area contributed by atoms with Crippen molar-refractivity contribution in [1.82, 2.24) is 20.4 Å². The lowest BCUT2D eigenvalue weighted by Gasteiger charge is -2.42. The molecule has 3 fully saturated rings. The van der Waals surface area contributed by atoms with Crippen molar-refractivity contribution in [2.45, 2.75) is 96.6 Å². The van der Waals surface area contributed by atoms with Crippen molar-refractivity contribution in [3.8, 4) is 0 Å². The van der Waals surface area contributed by atoms with E-state index in [0.29, 0.717) is 23.2 Å². The van der Waals surface area contributed by atoms with E-state index in [1.54, 1.807) is 19.3 Å². The van der Waals surface area contributed by atoms with Gasteiger partial charge in [0, 0.05) is 25.0 Å². The van der Waals surface area contributed by atoms with Gasteiger partial charge >= 0.3 is 0 Å². The van der Waals surface area contributed by atoms with Crippen molar-refractivity contribution >= 4 is 23.4 Å². The van der Waals surface area contributed by atoms with Gasteiger partial charge in [0.05, 0.1) is 5.41 Å². The SMILES string of the molecule is CC(NC(=O)C(C)(C)c1cccc(NC(=O)[C@@H](NC(=O)c2ccnn2C)C(C2CCC2)C2(C)CC2)c1)C1CCC1. The summed E-state index contributed by atoms with van der Waals surface area (Å²) in [6, 6.07) is 8.72. The molecule has 3 amide bonds. The molecule has 8 nitrogen and oxygen atoms in total. The Balaban J connectivity index is 1.35. The topological polar surface area (TPSA) is 105 Å². The fraction of sp³-hybridized carbons (Fsp3) is 0.625. The maximum atomic E-state index is 14.0. The number of amides is 3. The molecule has 8 heteroatoms. The largest absolute Gasteiger partial charge is 0.353 e. The van der Waals surface area contributed by atoms with E-state index in [1.807, 2.05) is 38.1 Å². The van der Waals surface area contributed by atoms with Gasteiger partial charge in [0.1, 0.15) is 11.7 Å². The molecular weight excluding hydrogens is 502 g/mol. The molecule has 3 aliphatic rings. The predicted molar refractivity (Wildman–Crippen MR) is 156 cm³/mol. The third kappa shape index (κ3) is 5.68. The van der Waals surface area contributed by atoms with Gasteiger partial charge in [-0.1, -0.05) is 44.7 Å². The lowest BCUT2D eigenvalue weighted by Crippen LogP contribution is -2.54. The van der Waals surface area contributed by atoms with Crippen LogP contribution >= 0.6 is 0 Å². The van der Waals surface area contributed by atoms with E-state index in [0.717, 1.165) is 31.2 Å². The van der Waals surface area contributed by atoms with Crippen LogP contribution in [0.5, 0.6) is 0 Å². The molecular formula is C32H45N5O3. The fourth-order valence-electron chi connectivity index (χ4n) is 6.48. The van der Waals surface area contributed by atoms with Crippen LogP contribution < -0.4 is 16.0 Å². The summed E-state index contributed by atoms with van der Waals surface area (Å²) in [5, 5.41) is 13.6. The Morgan fingerprint density at radius 2 is 1.70 bits per heavy atom. The molecule has 1 aromatic heterocycles. The number of aryl methyl sites for hydroxylation is 1. The number of hydrogen-bond acceptors (Lipinski definition) is 4. The minimum Gasteiger partial charge on any atom is -0.353 e. The van der Waals surface area contributed by atoms with E-state index in [-0.39, 0.29) is 35.1 Å². The zero-order valence-electron chi connectivity index (χ0n) is 24.6. The standard InChI is InChI=1S/C32H45N5O3/c1-20(21-9-6-10-21)34-30(40)31(2,3)23-13-8-14-24(19-23)35-29(39)27(36-28(38)25-15-18-33-37(25)5)26(22-11-7-12-22)32(4)16-17-32/h8,13-15,18-22,26-27H,6-7,9-12,16-17H2,1-5H3,(H,34,40)(H,35,39)(H,36,38)/t20?,26?,27-/m0/s1. The highest BCUT2D eigenvalue weighted by molar-refractivity contribution is 6.01. The lowest BCUT2D eigenvalue weighted by atomic mass is 9.66. The summed E-state index contributed by atoms with van der Waals surface area (Å²) >= 11 is 0. The summed E-state index contributed by atoms with van der Waals surface area (Å²) in [4.78, 5) is 40.6. The average Bonchev–Trinajstić information content (AvgIpc) is 3.44. The molecule has 3 saturated carbocycles. The number of aromatic nitrogens is 2. The molecule has 3 atom stereocenters. The number of benzene rings is 1. The third-order valence-corrected chi connectivity index (χ3v) is 10.1. The normalized spacial score (nSPS) is 20.8. The van der Waals surface area contributed by atoms with Crippen LogP contribution in [0.15, 0.2) is 36.5 Å². The van der Waals surface area contributed by atoms with Crippen LogP contribution in [0.1, 0.15) is 95.1 Å². The van der Waals surface area contributed by atoms with Crippen LogP contribution in [0.3, 0.4) is 0 Å². The van der Waals surface area contributed by atoms with Crippen LogP contribution in [-0.4, -0.2) is 39.6 Å². The molecule has 3 N–H and O–H groups in total. The van der Waals surface area contributed by atoms with E-state index in [2.05, 4.69) is 34.9 Å². The van der Waals surface area contributed by atoms with E-state index in [9.17, 15) is 14.4 Å². The van der Waals surface area contributed by atoms with Gasteiger partial charge in [0.2, 0.25) is 11.8 Å². The van der Waals surface area contributed by atoms with Gasteiger partial charge in [-0.3, -0.25) is 19.1 Å². The first-order valence-corrected chi connectivity index (χ1v) is 15.0. The highest BCUT2D eigenvalue weighted by Crippen LogP contribution is 2.58. The van der Waals surface area contributed by atoms with Gasteiger partial charge in [0.25, 0.3) is 5.91 Å². The van der Waals surface area contributed by atoms with Gasteiger partial charge in [-0.05, 0) is 93.4 Å². The zero-order chi connectivity index (χ0) is 28.7. The first kappa shape index (κ1) is 28.4. The Bertz CT molecular complexity index is 1250. The zero-order valence-corrected chi connectivity index (χ0v) is 24.6. The number of carbonyl (C=O) groups excluding carboxylic acids is 3. The molecule has 1 heterocycles. The molecule has 40 heavy (non-hydrogen) atoms. The van der Waals surface area contributed by atoms with Crippen molar-refractivity contribution < 1.29 is 14.4 Å². The van der Waals surface area contributed by atoms with Crippen molar-refractivity contribution in [3.63, 3.8) is 0 Å². The first-order valence-electron chi connectivity index (χ1n) is 15.0. The summed E-state index contributed by atoms with van der Waals surface area (Å²) in [7, 11) is 1.73. The van der Waals surface area contributed by atoms with Crippen LogP contribution in [0.2, 0.25) is 0 Å². The third-order valence-electron chi connectivity index (χ3n) is 10.1. The van der Waals surface area contributed by atoms with Gasteiger partial charge in [-0.15, -0.1) is 0 Å².